The van der Waals surface area contributed by atoms with Crippen LogP contribution in [0.15, 0.2) is 28.3 Å². The van der Waals surface area contributed by atoms with Crippen LogP contribution < -0.4 is 5.73 Å². The molecule has 0 aromatic carbocycles. The molecule has 1 saturated heterocycles. The third-order valence-corrected chi connectivity index (χ3v) is 6.35. The maximum absolute atomic E-state index is 14.0. The number of hydrogen-bond acceptors (Lipinski definition) is 6. The van der Waals surface area contributed by atoms with Crippen LogP contribution in [0.4, 0.5) is 26.3 Å². The van der Waals surface area contributed by atoms with E-state index in [9.17, 15) is 31.1 Å². The van der Waals surface area contributed by atoms with Gasteiger partial charge in [-0.1, -0.05) is 12.1 Å². The third-order valence-electron chi connectivity index (χ3n) is 6.35. The van der Waals surface area contributed by atoms with E-state index in [1.54, 1.807) is 6.92 Å². The number of likely N-dealkylation sites (tertiary alicyclic amines) is 1. The van der Waals surface area contributed by atoms with E-state index >= 15 is 0 Å². The van der Waals surface area contributed by atoms with Crippen LogP contribution in [0.3, 0.4) is 0 Å². The van der Waals surface area contributed by atoms with Crippen molar-refractivity contribution < 1.29 is 45.6 Å². The number of alkyl halides is 4. The third kappa shape index (κ3) is 8.30. The molecule has 2 fully saturated rings. The summed E-state index contributed by atoms with van der Waals surface area (Å²) in [6, 6.07) is -1.25. The first-order valence-corrected chi connectivity index (χ1v) is 12.1. The first kappa shape index (κ1) is 31.3. The van der Waals surface area contributed by atoms with E-state index in [0.29, 0.717) is 25.5 Å². The molecule has 1 aliphatic carbocycles. The van der Waals surface area contributed by atoms with Gasteiger partial charge in [0, 0.05) is 19.0 Å². The summed E-state index contributed by atoms with van der Waals surface area (Å²) >= 11 is 0. The molecule has 8 nitrogen and oxygen atoms in total. The molecule has 1 saturated carbocycles. The van der Waals surface area contributed by atoms with Crippen molar-refractivity contribution in [2.24, 2.45) is 11.7 Å². The first-order chi connectivity index (χ1) is 17.7. The normalized spacial score (nSPS) is 21.8. The molecule has 14 heteroatoms. The number of nitrogens with zero attached hydrogens (tertiary/aromatic N) is 3. The monoisotopic (exact) mass is 554 g/mol. The Morgan fingerprint density at radius 3 is 2.42 bits per heavy atom. The average molecular weight is 555 g/mol. The lowest BCUT2D eigenvalue weighted by atomic mass is 9.98. The Hall–Kier alpha value is -2.90. The van der Waals surface area contributed by atoms with Gasteiger partial charge in [0.15, 0.2) is 5.82 Å². The molecule has 2 aliphatic rings. The molecule has 2 heterocycles. The first-order valence-electron chi connectivity index (χ1n) is 12.1. The fourth-order valence-electron chi connectivity index (χ4n) is 4.45. The Kier molecular flexibility index (Phi) is 10.9. The molecular formula is C24H32F6N4O4. The summed E-state index contributed by atoms with van der Waals surface area (Å²) in [7, 11) is 0. The van der Waals surface area contributed by atoms with Gasteiger partial charge in [-0.3, -0.25) is 9.59 Å². The summed E-state index contributed by atoms with van der Waals surface area (Å²) in [6.07, 6.45) is -3.69. The number of halogens is 6. The van der Waals surface area contributed by atoms with Gasteiger partial charge in [-0.15, -0.1) is 0 Å². The lowest BCUT2D eigenvalue weighted by Gasteiger charge is -2.24. The van der Waals surface area contributed by atoms with Gasteiger partial charge in [-0.05, 0) is 57.1 Å². The molecule has 0 bridgehead atoms. The van der Waals surface area contributed by atoms with Gasteiger partial charge in [-0.25, -0.2) is 13.2 Å². The van der Waals surface area contributed by atoms with Crippen LogP contribution in [-0.4, -0.2) is 57.5 Å². The number of hydrogen-bond donors (Lipinski definition) is 2. The number of allylic oxidation sites excluding steroid dienone is 4. The Morgan fingerprint density at radius 1 is 1.26 bits per heavy atom. The summed E-state index contributed by atoms with van der Waals surface area (Å²) < 4.78 is 85.3. The van der Waals surface area contributed by atoms with Crippen molar-refractivity contribution in [2.75, 3.05) is 6.54 Å². The molecule has 3 unspecified atom stereocenters. The van der Waals surface area contributed by atoms with E-state index < -0.39 is 59.7 Å². The van der Waals surface area contributed by atoms with Crippen molar-refractivity contribution in [1.29, 1.82) is 0 Å². The summed E-state index contributed by atoms with van der Waals surface area (Å²) in [6.45, 7) is 2.92. The van der Waals surface area contributed by atoms with Crippen LogP contribution in [0, 0.1) is 5.92 Å². The van der Waals surface area contributed by atoms with Gasteiger partial charge in [0.25, 0.3) is 6.47 Å². The van der Waals surface area contributed by atoms with Crippen molar-refractivity contribution in [1.82, 2.24) is 15.0 Å². The summed E-state index contributed by atoms with van der Waals surface area (Å²) in [5, 5.41) is 10.4. The largest absolute Gasteiger partial charge is 0.483 e. The maximum Gasteiger partial charge on any atom is 0.401 e. The molecule has 1 aromatic rings. The fourth-order valence-corrected chi connectivity index (χ4v) is 4.45. The highest BCUT2D eigenvalue weighted by Gasteiger charge is 2.67. The van der Waals surface area contributed by atoms with Crippen molar-refractivity contribution in [3.05, 3.63) is 35.5 Å². The van der Waals surface area contributed by atoms with Gasteiger partial charge in [0.05, 0.1) is 6.42 Å². The minimum absolute atomic E-state index is 0.0222. The summed E-state index contributed by atoms with van der Waals surface area (Å²) in [4.78, 5) is 26.7. The number of rotatable bonds is 10. The molecule has 1 amide bonds. The van der Waals surface area contributed by atoms with Crippen LogP contribution in [0.5, 0.6) is 0 Å². The van der Waals surface area contributed by atoms with Crippen LogP contribution >= 0.6 is 0 Å². The highest BCUT2D eigenvalue weighted by atomic mass is 19.4. The lowest BCUT2D eigenvalue weighted by Crippen LogP contribution is -2.36. The minimum atomic E-state index is -4.47. The predicted octanol–water partition coefficient (Wildman–Crippen LogP) is 5.23. The average Bonchev–Trinajstić information content (AvgIpc) is 3.22. The highest BCUT2D eigenvalue weighted by Crippen LogP contribution is 2.58. The Bertz CT molecular complexity index is 1010. The van der Waals surface area contributed by atoms with Gasteiger partial charge in [-0.2, -0.15) is 18.2 Å². The summed E-state index contributed by atoms with van der Waals surface area (Å²) in [5.41, 5.74) is 4.01. The van der Waals surface area contributed by atoms with Crippen molar-refractivity contribution in [3.63, 3.8) is 0 Å². The molecular weight excluding hydrogens is 522 g/mol. The highest BCUT2D eigenvalue weighted by molar-refractivity contribution is 5.77. The van der Waals surface area contributed by atoms with E-state index in [0.717, 1.165) is 6.92 Å². The lowest BCUT2D eigenvalue weighted by molar-refractivity contribution is -0.162. The van der Waals surface area contributed by atoms with Gasteiger partial charge in [0.2, 0.25) is 11.8 Å². The number of amides is 1. The smallest absolute Gasteiger partial charge is 0.401 e. The van der Waals surface area contributed by atoms with Gasteiger partial charge >= 0.3 is 6.18 Å². The molecule has 214 valence electrons. The standard InChI is InChI=1S/C23H30F6N4O2.CH2O2/c1-13(8-15(25)11-16(26)10-14(2)24)9-17(30)12-19(34)33-7-3-4-18(33)20-31-21(32-35-20)22(5-6-22)23(27,28)29;2-1-3/h8,10,13-14,17-18H,3-7,9,11-12,30H2,1-2H3;1H,(H,2,3)/b15-8+,16-10+;/t13?,14?,17?,18-;/m0./s1. The van der Waals surface area contributed by atoms with E-state index in [1.165, 1.54) is 11.0 Å². The second-order valence-electron chi connectivity index (χ2n) is 9.65. The number of carboxylic acid groups (broad SMARTS) is 1. The fraction of sp³-hybridized carbons (Fsp3) is 0.667. The number of carbonyl (C=O) groups excluding carboxylic acids is 1. The Labute approximate surface area is 215 Å². The second-order valence-corrected chi connectivity index (χ2v) is 9.65. The zero-order valence-corrected chi connectivity index (χ0v) is 21.1. The van der Waals surface area contributed by atoms with Gasteiger partial charge < -0.3 is 20.3 Å². The van der Waals surface area contributed by atoms with E-state index in [1.807, 2.05) is 0 Å². The van der Waals surface area contributed by atoms with Crippen molar-refractivity contribution in [3.8, 4) is 0 Å². The molecule has 0 spiro atoms. The van der Waals surface area contributed by atoms with Crippen LogP contribution in [0.1, 0.15) is 76.6 Å². The molecule has 1 aromatic heterocycles. The van der Waals surface area contributed by atoms with Crippen LogP contribution in [-0.2, 0) is 15.0 Å². The zero-order chi connectivity index (χ0) is 28.7. The van der Waals surface area contributed by atoms with E-state index in [-0.39, 0.29) is 44.0 Å². The SMILES string of the molecule is CC(F)/C=C(/F)C/C(F)=C\C(C)CC(N)CC(=O)N1CCC[C@H]1c1nc(C2(C(F)(F)F)CC2)no1.O=CO. The molecule has 3 rings (SSSR count). The Morgan fingerprint density at radius 2 is 1.87 bits per heavy atom. The molecule has 38 heavy (non-hydrogen) atoms. The van der Waals surface area contributed by atoms with Crippen LogP contribution in [0.25, 0.3) is 0 Å². The van der Waals surface area contributed by atoms with Crippen molar-refractivity contribution >= 4 is 12.4 Å². The zero-order valence-electron chi connectivity index (χ0n) is 21.1. The topological polar surface area (TPSA) is 123 Å². The van der Waals surface area contributed by atoms with Gasteiger partial charge in [0.1, 0.15) is 29.3 Å². The maximum atomic E-state index is 14.0. The predicted molar refractivity (Wildman–Crippen MR) is 124 cm³/mol. The minimum Gasteiger partial charge on any atom is -0.483 e. The summed E-state index contributed by atoms with van der Waals surface area (Å²) in [5.74, 6) is -2.81. The molecule has 1 aliphatic heterocycles. The van der Waals surface area contributed by atoms with E-state index in [4.69, 9.17) is 20.2 Å². The Balaban J connectivity index is 0.00000161. The van der Waals surface area contributed by atoms with Crippen molar-refractivity contribution in [2.45, 2.75) is 88.6 Å². The number of carbonyl (C=O) groups is 2. The number of nitrogens with two attached hydrogens (primary N) is 1. The second kappa shape index (κ2) is 13.3. The quantitative estimate of drug-likeness (QED) is 0.300. The molecule has 3 N–H and O–H groups in total. The number of aromatic nitrogens is 2. The van der Waals surface area contributed by atoms with Crippen LogP contribution in [0.2, 0.25) is 0 Å². The van der Waals surface area contributed by atoms with E-state index in [2.05, 4.69) is 10.1 Å². The molecule has 0 radical (unpaired) electrons. The molecule has 4 atom stereocenters.